The van der Waals surface area contributed by atoms with Crippen molar-refractivity contribution < 1.29 is 4.74 Å². The van der Waals surface area contributed by atoms with Crippen molar-refractivity contribution in [3.05, 3.63) is 59.7 Å². The molecule has 2 aromatic carbocycles. The van der Waals surface area contributed by atoms with E-state index in [1.165, 1.54) is 11.1 Å². The lowest BCUT2D eigenvalue weighted by Crippen LogP contribution is -2.08. The summed E-state index contributed by atoms with van der Waals surface area (Å²) in [5.41, 5.74) is 3.70. The first-order valence-corrected chi connectivity index (χ1v) is 6.17. The van der Waals surface area contributed by atoms with Crippen LogP contribution < -0.4 is 10.1 Å². The van der Waals surface area contributed by atoms with Gasteiger partial charge in [0.25, 0.3) is 0 Å². The molecule has 0 bridgehead atoms. The second kappa shape index (κ2) is 5.58. The molecule has 0 radical (unpaired) electrons. The van der Waals surface area contributed by atoms with Crippen molar-refractivity contribution in [2.75, 3.05) is 12.4 Å². The van der Waals surface area contributed by atoms with Gasteiger partial charge in [0.05, 0.1) is 7.11 Å². The summed E-state index contributed by atoms with van der Waals surface area (Å²) >= 11 is 0. The zero-order chi connectivity index (χ0) is 13.0. The maximum Gasteiger partial charge on any atom is 0.120 e. The van der Waals surface area contributed by atoms with E-state index in [9.17, 15) is 0 Å². The number of hydrogen-bond acceptors (Lipinski definition) is 2. The average molecular weight is 241 g/mol. The summed E-state index contributed by atoms with van der Waals surface area (Å²) in [5.74, 6) is 0.872. The topological polar surface area (TPSA) is 21.3 Å². The van der Waals surface area contributed by atoms with Crippen LogP contribution in [-0.2, 0) is 0 Å². The standard InChI is InChI=1S/C16H19NO/c1-12-7-4-5-10-16(12)13(2)17-14-8-6-9-15(11-14)18-3/h4-11,13,17H,1-3H3/t13-/m0/s1. The van der Waals surface area contributed by atoms with E-state index >= 15 is 0 Å². The molecule has 2 nitrogen and oxygen atoms in total. The Morgan fingerprint density at radius 3 is 2.56 bits per heavy atom. The number of methoxy groups -OCH3 is 1. The molecule has 94 valence electrons. The molecular weight excluding hydrogens is 222 g/mol. The monoisotopic (exact) mass is 241 g/mol. The van der Waals surface area contributed by atoms with Gasteiger partial charge in [-0.2, -0.15) is 0 Å². The molecule has 0 aromatic heterocycles. The lowest BCUT2D eigenvalue weighted by Gasteiger charge is -2.18. The van der Waals surface area contributed by atoms with Crippen molar-refractivity contribution in [2.24, 2.45) is 0 Å². The molecule has 0 saturated carbocycles. The van der Waals surface area contributed by atoms with Crippen molar-refractivity contribution >= 4 is 5.69 Å². The number of benzene rings is 2. The van der Waals surface area contributed by atoms with Gasteiger partial charge in [-0.1, -0.05) is 30.3 Å². The molecule has 0 spiro atoms. The van der Waals surface area contributed by atoms with Gasteiger partial charge in [-0.25, -0.2) is 0 Å². The fourth-order valence-electron chi connectivity index (χ4n) is 2.11. The first-order valence-electron chi connectivity index (χ1n) is 6.17. The maximum absolute atomic E-state index is 5.23. The van der Waals surface area contributed by atoms with Crippen LogP contribution in [0.5, 0.6) is 5.75 Å². The van der Waals surface area contributed by atoms with Gasteiger partial charge in [-0.3, -0.25) is 0 Å². The summed E-state index contributed by atoms with van der Waals surface area (Å²) in [5, 5.41) is 3.49. The number of nitrogens with one attached hydrogen (secondary N) is 1. The highest BCUT2D eigenvalue weighted by atomic mass is 16.5. The highest BCUT2D eigenvalue weighted by Crippen LogP contribution is 2.24. The van der Waals surface area contributed by atoms with E-state index in [0.717, 1.165) is 11.4 Å². The van der Waals surface area contributed by atoms with Gasteiger partial charge in [-0.05, 0) is 37.1 Å². The van der Waals surface area contributed by atoms with Gasteiger partial charge in [0, 0.05) is 17.8 Å². The van der Waals surface area contributed by atoms with Gasteiger partial charge in [-0.15, -0.1) is 0 Å². The van der Waals surface area contributed by atoms with Gasteiger partial charge in [0.2, 0.25) is 0 Å². The second-order valence-corrected chi connectivity index (χ2v) is 4.45. The summed E-state index contributed by atoms with van der Waals surface area (Å²) in [4.78, 5) is 0. The molecule has 0 unspecified atom stereocenters. The zero-order valence-corrected chi connectivity index (χ0v) is 11.1. The largest absolute Gasteiger partial charge is 0.497 e. The van der Waals surface area contributed by atoms with Crippen LogP contribution in [0.1, 0.15) is 24.1 Å². The van der Waals surface area contributed by atoms with Gasteiger partial charge >= 0.3 is 0 Å². The molecule has 1 atom stereocenters. The minimum atomic E-state index is 0.276. The molecule has 0 aliphatic carbocycles. The van der Waals surface area contributed by atoms with Crippen molar-refractivity contribution in [3.8, 4) is 5.75 Å². The summed E-state index contributed by atoms with van der Waals surface area (Å²) in [7, 11) is 1.68. The van der Waals surface area contributed by atoms with Gasteiger partial charge in [0.15, 0.2) is 0 Å². The number of hydrogen-bond donors (Lipinski definition) is 1. The van der Waals surface area contributed by atoms with Crippen molar-refractivity contribution in [2.45, 2.75) is 19.9 Å². The Kier molecular flexibility index (Phi) is 3.88. The summed E-state index contributed by atoms with van der Waals surface area (Å²) in [6, 6.07) is 16.7. The van der Waals surface area contributed by atoms with Crippen molar-refractivity contribution in [3.63, 3.8) is 0 Å². The molecule has 1 N–H and O–H groups in total. The van der Waals surface area contributed by atoms with Gasteiger partial charge in [0.1, 0.15) is 5.75 Å². The molecule has 0 fully saturated rings. The lowest BCUT2D eigenvalue weighted by molar-refractivity contribution is 0.415. The van der Waals surface area contributed by atoms with Crippen LogP contribution >= 0.6 is 0 Å². The SMILES string of the molecule is COc1cccc(N[C@@H](C)c2ccccc2C)c1. The summed E-state index contributed by atoms with van der Waals surface area (Å²) in [6.07, 6.45) is 0. The lowest BCUT2D eigenvalue weighted by atomic mass is 10.0. The van der Waals surface area contributed by atoms with Gasteiger partial charge < -0.3 is 10.1 Å². The first-order chi connectivity index (χ1) is 8.70. The van der Waals surface area contributed by atoms with E-state index in [1.807, 2.05) is 18.2 Å². The number of aryl methyl sites for hydroxylation is 1. The van der Waals surface area contributed by atoms with Crippen molar-refractivity contribution in [1.29, 1.82) is 0 Å². The molecule has 18 heavy (non-hydrogen) atoms. The zero-order valence-electron chi connectivity index (χ0n) is 11.1. The van der Waals surface area contributed by atoms with E-state index in [4.69, 9.17) is 4.74 Å². The van der Waals surface area contributed by atoms with Crippen LogP contribution in [0.3, 0.4) is 0 Å². The molecule has 2 heteroatoms. The third kappa shape index (κ3) is 2.83. The summed E-state index contributed by atoms with van der Waals surface area (Å²) in [6.45, 7) is 4.31. The van der Waals surface area contributed by atoms with Crippen LogP contribution in [0.25, 0.3) is 0 Å². The Bertz CT molecular complexity index is 522. The van der Waals surface area contributed by atoms with E-state index in [0.29, 0.717) is 0 Å². The number of anilines is 1. The van der Waals surface area contributed by atoms with E-state index in [-0.39, 0.29) is 6.04 Å². The third-order valence-electron chi connectivity index (χ3n) is 3.11. The third-order valence-corrected chi connectivity index (χ3v) is 3.11. The summed E-state index contributed by atoms with van der Waals surface area (Å²) < 4.78 is 5.23. The quantitative estimate of drug-likeness (QED) is 0.867. The minimum absolute atomic E-state index is 0.276. The normalized spacial score (nSPS) is 11.9. The Balaban J connectivity index is 2.16. The number of ether oxygens (including phenoxy) is 1. The van der Waals surface area contributed by atoms with Crippen LogP contribution in [0.4, 0.5) is 5.69 Å². The van der Waals surface area contributed by atoms with E-state index in [1.54, 1.807) is 7.11 Å². The molecule has 0 aliphatic heterocycles. The Morgan fingerprint density at radius 1 is 1.06 bits per heavy atom. The molecule has 0 amide bonds. The predicted octanol–water partition coefficient (Wildman–Crippen LogP) is 4.18. The van der Waals surface area contributed by atoms with Crippen LogP contribution in [-0.4, -0.2) is 7.11 Å². The van der Waals surface area contributed by atoms with E-state index < -0.39 is 0 Å². The Hall–Kier alpha value is -1.96. The second-order valence-electron chi connectivity index (χ2n) is 4.45. The highest BCUT2D eigenvalue weighted by molar-refractivity contribution is 5.50. The highest BCUT2D eigenvalue weighted by Gasteiger charge is 2.07. The van der Waals surface area contributed by atoms with Crippen molar-refractivity contribution in [1.82, 2.24) is 0 Å². The molecular formula is C16H19NO. The molecule has 2 rings (SSSR count). The molecule has 0 heterocycles. The predicted molar refractivity (Wildman–Crippen MR) is 76.2 cm³/mol. The van der Waals surface area contributed by atoms with E-state index in [2.05, 4.69) is 49.5 Å². The first kappa shape index (κ1) is 12.5. The fourth-order valence-corrected chi connectivity index (χ4v) is 2.11. The Labute approximate surface area is 109 Å². The molecule has 2 aromatic rings. The number of rotatable bonds is 4. The molecule has 0 saturated heterocycles. The van der Waals surface area contributed by atoms with Crippen LogP contribution in [0, 0.1) is 6.92 Å². The van der Waals surface area contributed by atoms with Crippen LogP contribution in [0.2, 0.25) is 0 Å². The smallest absolute Gasteiger partial charge is 0.120 e. The van der Waals surface area contributed by atoms with Crippen LogP contribution in [0.15, 0.2) is 48.5 Å². The maximum atomic E-state index is 5.23. The average Bonchev–Trinajstić information content (AvgIpc) is 2.39. The molecule has 0 aliphatic rings. The Morgan fingerprint density at radius 2 is 1.83 bits per heavy atom. The minimum Gasteiger partial charge on any atom is -0.497 e. The fraction of sp³-hybridized carbons (Fsp3) is 0.250.